The van der Waals surface area contributed by atoms with E-state index in [4.69, 9.17) is 0 Å². The van der Waals surface area contributed by atoms with E-state index < -0.39 is 45.3 Å². The fourth-order valence-corrected chi connectivity index (χ4v) is 3.02. The summed E-state index contributed by atoms with van der Waals surface area (Å²) in [7, 11) is -4.88. The molecule has 1 fully saturated rings. The summed E-state index contributed by atoms with van der Waals surface area (Å²) >= 11 is 0. The zero-order valence-corrected chi connectivity index (χ0v) is 11.8. The van der Waals surface area contributed by atoms with Gasteiger partial charge >= 0.3 is 17.8 Å². The van der Waals surface area contributed by atoms with Crippen LogP contribution in [0.25, 0.3) is 0 Å². The van der Waals surface area contributed by atoms with E-state index >= 15 is 0 Å². The highest BCUT2D eigenvalue weighted by atomic mass is 32.2. The maximum Gasteiger partial charge on any atom is 0.374 e. The Morgan fingerprint density at radius 1 is 1.05 bits per heavy atom. The average Bonchev–Trinajstić information content (AvgIpc) is 2.47. The Labute approximate surface area is 122 Å². The second-order valence-electron chi connectivity index (χ2n) is 4.96. The van der Waals surface area contributed by atoms with Crippen LogP contribution < -0.4 is 0 Å². The van der Waals surface area contributed by atoms with Crippen molar-refractivity contribution in [3.63, 3.8) is 0 Å². The molecular weight excluding hydrogens is 338 g/mol. The third-order valence-electron chi connectivity index (χ3n) is 3.28. The van der Waals surface area contributed by atoms with Crippen LogP contribution in [-0.4, -0.2) is 32.3 Å². The standard InChI is InChI=1S/C12H10F6O3S/c1-7-2-4-8(5-3-7)22(19,20)21-9-6-10(13,14)12(17,18)11(9,15)16/h2-5,9H,6H2,1H3. The molecular formula is C12H10F6O3S. The summed E-state index contributed by atoms with van der Waals surface area (Å²) in [4.78, 5) is -0.590. The second kappa shape index (κ2) is 4.85. The first kappa shape index (κ1) is 17.1. The molecule has 1 saturated carbocycles. The largest absolute Gasteiger partial charge is 0.374 e. The van der Waals surface area contributed by atoms with Crippen molar-refractivity contribution in [2.24, 2.45) is 0 Å². The van der Waals surface area contributed by atoms with Crippen LogP contribution in [0.3, 0.4) is 0 Å². The third kappa shape index (κ3) is 2.47. The van der Waals surface area contributed by atoms with Crippen molar-refractivity contribution in [3.05, 3.63) is 29.8 Å². The molecule has 1 aliphatic rings. The third-order valence-corrected chi connectivity index (χ3v) is 4.61. The molecule has 1 unspecified atom stereocenters. The summed E-state index contributed by atoms with van der Waals surface area (Å²) in [5.41, 5.74) is 0.642. The maximum absolute atomic E-state index is 13.4. The molecule has 1 aromatic carbocycles. The molecule has 0 saturated heterocycles. The van der Waals surface area contributed by atoms with Gasteiger partial charge in [-0.05, 0) is 19.1 Å². The molecule has 1 aromatic rings. The van der Waals surface area contributed by atoms with Gasteiger partial charge in [0.05, 0.1) is 11.3 Å². The van der Waals surface area contributed by atoms with Gasteiger partial charge < -0.3 is 0 Å². The molecule has 22 heavy (non-hydrogen) atoms. The summed E-state index contributed by atoms with van der Waals surface area (Å²) < 4.78 is 106. The normalized spacial score (nSPS) is 26.0. The molecule has 0 amide bonds. The van der Waals surface area contributed by atoms with Gasteiger partial charge in [0, 0.05) is 0 Å². The predicted octanol–water partition coefficient (Wildman–Crippen LogP) is 3.38. The molecule has 0 N–H and O–H groups in total. The van der Waals surface area contributed by atoms with Crippen LogP contribution in [0, 0.1) is 6.92 Å². The quantitative estimate of drug-likeness (QED) is 0.621. The van der Waals surface area contributed by atoms with Crippen LogP contribution in [0.1, 0.15) is 12.0 Å². The maximum atomic E-state index is 13.4. The fourth-order valence-electron chi connectivity index (χ4n) is 1.94. The lowest BCUT2D eigenvalue weighted by atomic mass is 10.2. The first-order valence-electron chi connectivity index (χ1n) is 5.95. The smallest absolute Gasteiger partial charge is 0.256 e. The van der Waals surface area contributed by atoms with Crippen LogP contribution in [0.15, 0.2) is 29.2 Å². The highest BCUT2D eigenvalue weighted by Gasteiger charge is 2.81. The van der Waals surface area contributed by atoms with Gasteiger partial charge in [-0.3, -0.25) is 4.18 Å². The number of rotatable bonds is 3. The molecule has 0 radical (unpaired) electrons. The molecule has 3 nitrogen and oxygen atoms in total. The number of benzene rings is 1. The van der Waals surface area contributed by atoms with E-state index in [1.807, 2.05) is 0 Å². The summed E-state index contributed by atoms with van der Waals surface area (Å²) in [6, 6.07) is 4.61. The number of alkyl halides is 6. The van der Waals surface area contributed by atoms with E-state index in [1.54, 1.807) is 6.92 Å². The van der Waals surface area contributed by atoms with Crippen LogP contribution in [0.2, 0.25) is 0 Å². The van der Waals surface area contributed by atoms with Gasteiger partial charge in [0.25, 0.3) is 10.1 Å². The van der Waals surface area contributed by atoms with E-state index in [0.29, 0.717) is 5.56 Å². The molecule has 0 spiro atoms. The minimum atomic E-state index is -5.69. The summed E-state index contributed by atoms with van der Waals surface area (Å²) in [6.45, 7) is 1.61. The molecule has 0 aliphatic heterocycles. The van der Waals surface area contributed by atoms with Gasteiger partial charge in [0.2, 0.25) is 0 Å². The first-order chi connectivity index (χ1) is 9.81. The Kier molecular flexibility index (Phi) is 3.76. The summed E-state index contributed by atoms with van der Waals surface area (Å²) in [6.07, 6.45) is -5.25. The highest BCUT2D eigenvalue weighted by molar-refractivity contribution is 7.86. The lowest BCUT2D eigenvalue weighted by Gasteiger charge is -2.24. The lowest BCUT2D eigenvalue weighted by Crippen LogP contribution is -2.49. The van der Waals surface area contributed by atoms with Crippen molar-refractivity contribution in [3.8, 4) is 0 Å². The summed E-state index contributed by atoms with van der Waals surface area (Å²) in [5, 5.41) is 0. The van der Waals surface area contributed by atoms with Gasteiger partial charge in [-0.15, -0.1) is 0 Å². The van der Waals surface area contributed by atoms with E-state index in [-0.39, 0.29) is 0 Å². The number of aryl methyl sites for hydroxylation is 1. The van der Waals surface area contributed by atoms with E-state index in [0.717, 1.165) is 12.1 Å². The number of halogens is 6. The van der Waals surface area contributed by atoms with Crippen molar-refractivity contribution in [2.75, 3.05) is 0 Å². The first-order valence-corrected chi connectivity index (χ1v) is 7.35. The number of hydrogen-bond acceptors (Lipinski definition) is 3. The van der Waals surface area contributed by atoms with Crippen LogP contribution in [-0.2, 0) is 14.3 Å². The zero-order valence-electron chi connectivity index (χ0n) is 11.0. The number of hydrogen-bond donors (Lipinski definition) is 0. The SMILES string of the molecule is Cc1ccc(S(=O)(=O)OC2CC(F)(F)C(F)(F)C2(F)F)cc1. The monoisotopic (exact) mass is 348 g/mol. The minimum absolute atomic E-state index is 0.590. The van der Waals surface area contributed by atoms with Gasteiger partial charge in [-0.25, -0.2) is 0 Å². The van der Waals surface area contributed by atoms with E-state index in [2.05, 4.69) is 4.18 Å². The highest BCUT2D eigenvalue weighted by Crippen LogP contribution is 2.57. The summed E-state index contributed by atoms with van der Waals surface area (Å²) in [5.74, 6) is -16.1. The molecule has 124 valence electrons. The second-order valence-corrected chi connectivity index (χ2v) is 6.53. The fraction of sp³-hybridized carbons (Fsp3) is 0.500. The van der Waals surface area contributed by atoms with Gasteiger partial charge in [-0.1, -0.05) is 17.7 Å². The van der Waals surface area contributed by atoms with Crippen LogP contribution in [0.4, 0.5) is 26.3 Å². The van der Waals surface area contributed by atoms with E-state index in [1.165, 1.54) is 12.1 Å². The molecule has 0 bridgehead atoms. The lowest BCUT2D eigenvalue weighted by molar-refractivity contribution is -0.279. The molecule has 1 aliphatic carbocycles. The molecule has 0 heterocycles. The Hall–Kier alpha value is -1.29. The van der Waals surface area contributed by atoms with Crippen LogP contribution >= 0.6 is 0 Å². The Balaban J connectivity index is 2.33. The van der Waals surface area contributed by atoms with E-state index in [9.17, 15) is 34.8 Å². The minimum Gasteiger partial charge on any atom is -0.256 e. The van der Waals surface area contributed by atoms with Crippen molar-refractivity contribution in [1.82, 2.24) is 0 Å². The van der Waals surface area contributed by atoms with Gasteiger partial charge in [0.1, 0.15) is 0 Å². The van der Waals surface area contributed by atoms with Crippen molar-refractivity contribution >= 4 is 10.1 Å². The molecule has 2 rings (SSSR count). The Morgan fingerprint density at radius 2 is 1.55 bits per heavy atom. The predicted molar refractivity (Wildman–Crippen MR) is 62.7 cm³/mol. The molecule has 1 atom stereocenters. The van der Waals surface area contributed by atoms with Crippen molar-refractivity contribution in [1.29, 1.82) is 0 Å². The van der Waals surface area contributed by atoms with Crippen molar-refractivity contribution in [2.45, 2.75) is 42.1 Å². The van der Waals surface area contributed by atoms with Gasteiger partial charge in [-0.2, -0.15) is 34.8 Å². The molecule has 0 aromatic heterocycles. The zero-order chi connectivity index (χ0) is 17.0. The Morgan fingerprint density at radius 3 is 1.95 bits per heavy atom. The van der Waals surface area contributed by atoms with Gasteiger partial charge in [0.15, 0.2) is 6.10 Å². The van der Waals surface area contributed by atoms with Crippen molar-refractivity contribution < 1.29 is 38.9 Å². The topological polar surface area (TPSA) is 43.4 Å². The molecule has 10 heteroatoms. The van der Waals surface area contributed by atoms with Crippen LogP contribution in [0.5, 0.6) is 0 Å². The average molecular weight is 348 g/mol. The Bertz CT molecular complexity index is 669.